The van der Waals surface area contributed by atoms with E-state index in [0.717, 1.165) is 37.0 Å². The van der Waals surface area contributed by atoms with Crippen LogP contribution in [0.25, 0.3) is 0 Å². The maximum absolute atomic E-state index is 13.1. The normalized spacial score (nSPS) is 19.6. The third kappa shape index (κ3) is 7.14. The van der Waals surface area contributed by atoms with Crippen LogP contribution in [0.2, 0.25) is 0 Å². The molecular weight excluding hydrogens is 821 g/mol. The Morgan fingerprint density at radius 2 is 2.10 bits per heavy atom. The number of aromatic nitrogens is 2. The molecule has 3 aliphatic rings. The molecule has 5 rings (SSSR count). The van der Waals surface area contributed by atoms with E-state index in [1.807, 2.05) is 12.3 Å². The molecule has 2 amide bonds. The molecule has 0 aromatic carbocycles. The van der Waals surface area contributed by atoms with Crippen LogP contribution in [0.15, 0.2) is 40.1 Å². The summed E-state index contributed by atoms with van der Waals surface area (Å²) in [7, 11) is 1.92. The van der Waals surface area contributed by atoms with Crippen molar-refractivity contribution in [3.63, 3.8) is 0 Å². The number of carboxylic acid groups (broad SMARTS) is 1. The van der Waals surface area contributed by atoms with Gasteiger partial charge in [0.25, 0.3) is 11.8 Å². The second-order valence-electron chi connectivity index (χ2n) is 8.67. The average molecular weight is 849 g/mol. The first-order valence-electron chi connectivity index (χ1n) is 11.7. The number of thiazole rings is 1. The Hall–Kier alpha value is -1.41. The topological polar surface area (TPSA) is 154 Å². The molecule has 0 bridgehead atoms. The van der Waals surface area contributed by atoms with Gasteiger partial charge in [0, 0.05) is 34.8 Å². The molecule has 3 N–H and O–H groups in total. The second kappa shape index (κ2) is 15.2. The molecule has 0 spiro atoms. The van der Waals surface area contributed by atoms with Gasteiger partial charge in [-0.2, -0.15) is 4.57 Å². The predicted octanol–water partition coefficient (Wildman–Crippen LogP) is 1.75. The van der Waals surface area contributed by atoms with Crippen LogP contribution in [-0.2, 0) is 48.1 Å². The summed E-state index contributed by atoms with van der Waals surface area (Å²) in [5.41, 5.74) is 8.72. The molecule has 2 aromatic heterocycles. The number of aliphatic carboxylic acids is 1. The number of rotatable bonds is 7. The van der Waals surface area contributed by atoms with E-state index in [0.29, 0.717) is 27.3 Å². The number of carbonyl (C=O) groups is 3. The van der Waals surface area contributed by atoms with Gasteiger partial charge in [0.05, 0.1) is 11.7 Å². The number of thioether (sulfide) groups is 1. The third-order valence-corrected chi connectivity index (χ3v) is 8.45. The number of carbonyl (C=O) groups excluding carboxylic acids is 3. The van der Waals surface area contributed by atoms with Gasteiger partial charge < -0.3 is 25.8 Å². The molecule has 215 valence electrons. The van der Waals surface area contributed by atoms with Crippen molar-refractivity contribution in [2.24, 2.45) is 5.16 Å². The number of nitrogens with one attached hydrogen (secondary N) is 1. The molecule has 0 radical (unpaired) electrons. The molecule has 4 heterocycles. The molecule has 2 aromatic rings. The van der Waals surface area contributed by atoms with Gasteiger partial charge >= 0.3 is 49.4 Å². The van der Waals surface area contributed by atoms with Crippen molar-refractivity contribution in [3.8, 4) is 0 Å². The number of hydrogen-bond donors (Lipinski definition) is 2. The Balaban J connectivity index is 0.00000106. The second-order valence-corrected chi connectivity index (χ2v) is 22.5. The van der Waals surface area contributed by atoms with E-state index in [4.69, 9.17) is 10.6 Å². The van der Waals surface area contributed by atoms with Crippen LogP contribution in [0, 0.1) is 0 Å². The van der Waals surface area contributed by atoms with Crippen molar-refractivity contribution < 1.29 is 38.4 Å². The number of carboxylic acids is 1. The SMILES string of the molecule is C.CO/N=C(/C(=O)NC1C(=O)N2C(C(=O)[O-])=C(C[n+]3cccc4c3CCCC4)CSC12)c1csc(N)n1.[I][V][I]. The summed E-state index contributed by atoms with van der Waals surface area (Å²) in [6, 6.07) is 3.16. The predicted molar refractivity (Wildman–Crippen MR) is 165 cm³/mol. The molecule has 0 saturated carbocycles. The van der Waals surface area contributed by atoms with E-state index in [2.05, 4.69) is 66.0 Å². The Morgan fingerprint density at radius 1 is 1.38 bits per heavy atom. The van der Waals surface area contributed by atoms with Crippen LogP contribution < -0.4 is 20.7 Å². The van der Waals surface area contributed by atoms with Crippen molar-refractivity contribution in [2.75, 3.05) is 18.6 Å². The number of nitrogens with zero attached hydrogens (tertiary/aromatic N) is 4. The van der Waals surface area contributed by atoms with Crippen LogP contribution in [0.4, 0.5) is 5.13 Å². The van der Waals surface area contributed by atoms with Crippen LogP contribution in [-0.4, -0.2) is 57.7 Å². The maximum atomic E-state index is 13.1. The Morgan fingerprint density at radius 3 is 2.75 bits per heavy atom. The molecule has 40 heavy (non-hydrogen) atoms. The molecule has 11 nitrogen and oxygen atoms in total. The number of anilines is 1. The number of hydrogen-bond acceptors (Lipinski definition) is 10. The summed E-state index contributed by atoms with van der Waals surface area (Å²) in [5.74, 6) is -2.20. The van der Waals surface area contributed by atoms with Crippen molar-refractivity contribution in [2.45, 2.75) is 51.1 Å². The van der Waals surface area contributed by atoms with Gasteiger partial charge in [0.2, 0.25) is 0 Å². The van der Waals surface area contributed by atoms with E-state index in [1.165, 1.54) is 35.0 Å². The van der Waals surface area contributed by atoms with Crippen molar-refractivity contribution in [1.29, 1.82) is 0 Å². The van der Waals surface area contributed by atoms with Gasteiger partial charge in [-0.05, 0) is 25.3 Å². The average Bonchev–Trinajstić information content (AvgIpc) is 3.36. The van der Waals surface area contributed by atoms with Crippen molar-refractivity contribution in [1.82, 2.24) is 15.2 Å². The van der Waals surface area contributed by atoms with Crippen LogP contribution in [0.5, 0.6) is 0 Å². The molecule has 2 aliphatic heterocycles. The summed E-state index contributed by atoms with van der Waals surface area (Å²) >= 11 is 7.28. The van der Waals surface area contributed by atoms with Crippen LogP contribution >= 0.6 is 63.1 Å². The first-order chi connectivity index (χ1) is 18.8. The van der Waals surface area contributed by atoms with Gasteiger partial charge in [-0.25, -0.2) is 4.98 Å². The van der Waals surface area contributed by atoms with Gasteiger partial charge in [0.1, 0.15) is 24.2 Å². The fourth-order valence-electron chi connectivity index (χ4n) is 4.82. The zero-order valence-electron chi connectivity index (χ0n) is 20.6. The van der Waals surface area contributed by atoms with Gasteiger partial charge in [-0.1, -0.05) is 12.6 Å². The van der Waals surface area contributed by atoms with E-state index in [1.54, 1.807) is 5.38 Å². The molecule has 2 unspecified atom stereocenters. The number of oxime groups is 1. The Labute approximate surface area is 269 Å². The number of amides is 2. The summed E-state index contributed by atoms with van der Waals surface area (Å²) in [5, 5.41) is 19.8. The molecule has 1 fully saturated rings. The molecule has 2 atom stereocenters. The molecular formula is C24H28I2N6O5S2V. The van der Waals surface area contributed by atoms with Crippen molar-refractivity contribution in [3.05, 3.63) is 51.9 Å². The third-order valence-electron chi connectivity index (χ3n) is 6.44. The minimum absolute atomic E-state index is 0. The summed E-state index contributed by atoms with van der Waals surface area (Å²) in [6.45, 7) is 0.364. The van der Waals surface area contributed by atoms with E-state index in [9.17, 15) is 19.5 Å². The first kappa shape index (κ1) is 33.1. The van der Waals surface area contributed by atoms with Gasteiger partial charge in [0.15, 0.2) is 29.3 Å². The molecule has 1 saturated heterocycles. The summed E-state index contributed by atoms with van der Waals surface area (Å²) in [4.78, 5) is 48.2. The summed E-state index contributed by atoms with van der Waals surface area (Å²) in [6.07, 6.45) is 6.13. The number of β-lactam (4-membered cyclic amide) rings is 1. The van der Waals surface area contributed by atoms with E-state index < -0.39 is 29.2 Å². The standard InChI is InChI=1S/C23H24N6O5S2.CH4.2HI.V/c1-34-27-16(14-11-36-23(24)25-14)19(30)26-17-20(31)29-18(22(32)33)13(10-35-21(17)29)9-28-8-4-6-12-5-2-3-7-15(12)28;;;;/h4,6,8,11,17,21H,2-3,5,7,9-10H2,1H3,(H3-,24,25,26,30,32,33);1H4;2*1H;/q;;;;+2/p-2/b27-16+;;;;. The van der Waals surface area contributed by atoms with Gasteiger partial charge in [-0.15, -0.1) is 23.1 Å². The molecule has 1 aliphatic carbocycles. The number of nitrogens with two attached hydrogens (primary N) is 1. The Bertz CT molecular complexity index is 1340. The molecule has 16 heteroatoms. The minimum atomic E-state index is -1.40. The zero-order valence-corrected chi connectivity index (χ0v) is 28.0. The van der Waals surface area contributed by atoms with Gasteiger partial charge in [-0.3, -0.25) is 14.5 Å². The number of fused-ring (bicyclic) bond motifs is 2. The fourth-order valence-corrected chi connectivity index (χ4v) is 6.71. The van der Waals surface area contributed by atoms with Crippen LogP contribution in [0.3, 0.4) is 0 Å². The van der Waals surface area contributed by atoms with Crippen molar-refractivity contribution >= 4 is 91.7 Å². The number of pyridine rings is 1. The zero-order chi connectivity index (χ0) is 28.1. The fraction of sp³-hybridized carbons (Fsp3) is 0.417. The monoisotopic (exact) mass is 849 g/mol. The number of halogens is 2. The Kier molecular flexibility index (Phi) is 12.6. The van der Waals surface area contributed by atoms with Crippen LogP contribution in [0.1, 0.15) is 37.2 Å². The number of aryl methyl sites for hydroxylation is 1. The number of nitrogen functional groups attached to an aromatic ring is 1. The summed E-state index contributed by atoms with van der Waals surface area (Å²) < 4.78 is 2.07. The quantitative estimate of drug-likeness (QED) is 0.141. The van der Waals surface area contributed by atoms with E-state index >= 15 is 0 Å². The first-order valence-corrected chi connectivity index (χ1v) is 22.7. The van der Waals surface area contributed by atoms with E-state index in [-0.39, 0.29) is 29.7 Å².